The van der Waals surface area contributed by atoms with Crippen LogP contribution in [0.2, 0.25) is 0 Å². The topological polar surface area (TPSA) is 52.9 Å². The van der Waals surface area contributed by atoms with Crippen molar-refractivity contribution in [3.8, 4) is 6.07 Å². The van der Waals surface area contributed by atoms with E-state index in [-0.39, 0.29) is 11.8 Å². The Morgan fingerprint density at radius 3 is 2.25 bits per heavy atom. The van der Waals surface area contributed by atoms with Gasteiger partial charge in [0.2, 0.25) is 5.91 Å². The first-order valence-corrected chi connectivity index (χ1v) is 8.34. The second kappa shape index (κ2) is 8.29. The Bertz CT molecular complexity index is 333. The molecule has 0 aliphatic heterocycles. The van der Waals surface area contributed by atoms with E-state index in [0.29, 0.717) is 12.8 Å². The number of amides is 1. The van der Waals surface area contributed by atoms with Crippen LogP contribution in [0.25, 0.3) is 0 Å². The molecular formula is C17H30N2O. The van der Waals surface area contributed by atoms with E-state index in [1.807, 2.05) is 13.8 Å². The summed E-state index contributed by atoms with van der Waals surface area (Å²) in [7, 11) is 0. The van der Waals surface area contributed by atoms with E-state index in [9.17, 15) is 10.1 Å². The fourth-order valence-electron chi connectivity index (χ4n) is 3.16. The molecule has 0 atom stereocenters. The second-order valence-corrected chi connectivity index (χ2v) is 6.25. The smallest absolute Gasteiger partial charge is 0.224 e. The van der Waals surface area contributed by atoms with E-state index < -0.39 is 5.54 Å². The second-order valence-electron chi connectivity index (χ2n) is 6.25. The van der Waals surface area contributed by atoms with Crippen molar-refractivity contribution < 1.29 is 4.79 Å². The highest BCUT2D eigenvalue weighted by Crippen LogP contribution is 2.32. The molecule has 1 amide bonds. The highest BCUT2D eigenvalue weighted by molar-refractivity contribution is 5.80. The van der Waals surface area contributed by atoms with Crippen LogP contribution in [0.1, 0.15) is 78.6 Å². The number of nitrogens with one attached hydrogen (secondary N) is 1. The summed E-state index contributed by atoms with van der Waals surface area (Å²) in [5.41, 5.74) is -0.657. The van der Waals surface area contributed by atoms with Gasteiger partial charge in [-0.3, -0.25) is 4.79 Å². The molecule has 20 heavy (non-hydrogen) atoms. The van der Waals surface area contributed by atoms with Gasteiger partial charge in [0, 0.05) is 5.92 Å². The van der Waals surface area contributed by atoms with E-state index in [1.54, 1.807) is 0 Å². The molecule has 1 N–H and O–H groups in total. The minimum atomic E-state index is -0.657. The van der Waals surface area contributed by atoms with Gasteiger partial charge in [-0.25, -0.2) is 0 Å². The van der Waals surface area contributed by atoms with Crippen LogP contribution < -0.4 is 5.32 Å². The number of carbonyl (C=O) groups is 1. The normalized spacial score (nSPS) is 23.1. The number of rotatable bonds is 7. The zero-order valence-corrected chi connectivity index (χ0v) is 13.4. The maximum atomic E-state index is 12.3. The van der Waals surface area contributed by atoms with E-state index >= 15 is 0 Å². The zero-order chi connectivity index (χ0) is 15.0. The number of hydrogen-bond donors (Lipinski definition) is 1. The Hall–Kier alpha value is -1.04. The number of nitriles is 1. The van der Waals surface area contributed by atoms with Crippen molar-refractivity contribution in [2.75, 3.05) is 0 Å². The molecule has 1 fully saturated rings. The van der Waals surface area contributed by atoms with Crippen LogP contribution in [0.4, 0.5) is 0 Å². The number of nitrogens with zero attached hydrogens (tertiary/aromatic N) is 1. The first-order valence-electron chi connectivity index (χ1n) is 8.34. The van der Waals surface area contributed by atoms with Crippen LogP contribution in [0.15, 0.2) is 0 Å². The maximum absolute atomic E-state index is 12.3. The largest absolute Gasteiger partial charge is 0.338 e. The lowest BCUT2D eigenvalue weighted by molar-refractivity contribution is -0.127. The van der Waals surface area contributed by atoms with Crippen LogP contribution in [-0.2, 0) is 4.79 Å². The van der Waals surface area contributed by atoms with Gasteiger partial charge in [0.25, 0.3) is 0 Å². The monoisotopic (exact) mass is 278 g/mol. The molecule has 114 valence electrons. The molecule has 0 bridgehead atoms. The minimum absolute atomic E-state index is 0.101. The molecule has 0 radical (unpaired) electrons. The first-order chi connectivity index (χ1) is 9.60. The lowest BCUT2D eigenvalue weighted by Gasteiger charge is -2.31. The van der Waals surface area contributed by atoms with Crippen LogP contribution in [-0.4, -0.2) is 11.4 Å². The Labute approximate surface area is 124 Å². The van der Waals surface area contributed by atoms with Crippen molar-refractivity contribution in [2.45, 2.75) is 84.1 Å². The number of unbranched alkanes of at least 4 members (excludes halogenated alkanes) is 1. The molecule has 1 aliphatic carbocycles. The fourth-order valence-corrected chi connectivity index (χ4v) is 3.16. The molecule has 0 unspecified atom stereocenters. The van der Waals surface area contributed by atoms with E-state index in [2.05, 4.69) is 18.3 Å². The van der Waals surface area contributed by atoms with Crippen molar-refractivity contribution in [3.05, 3.63) is 0 Å². The summed E-state index contributed by atoms with van der Waals surface area (Å²) in [6, 6.07) is 2.29. The average Bonchev–Trinajstić information content (AvgIpc) is 2.51. The fraction of sp³-hybridized carbons (Fsp3) is 0.882. The zero-order valence-electron chi connectivity index (χ0n) is 13.4. The molecule has 0 aromatic carbocycles. The highest BCUT2D eigenvalue weighted by atomic mass is 16.2. The summed E-state index contributed by atoms with van der Waals surface area (Å²) in [5.74, 6) is 1.04. The molecule has 3 nitrogen and oxygen atoms in total. The average molecular weight is 278 g/mol. The quantitative estimate of drug-likeness (QED) is 0.759. The SMILES string of the molecule is CCCCC1CCC(C(=O)NC(C#N)(CC)CC)CC1. The predicted octanol–water partition coefficient (Wildman–Crippen LogP) is 4.18. The summed E-state index contributed by atoms with van der Waals surface area (Å²) in [6.45, 7) is 6.17. The van der Waals surface area contributed by atoms with Crippen LogP contribution in [0, 0.1) is 23.2 Å². The third-order valence-electron chi connectivity index (χ3n) is 4.97. The molecule has 0 heterocycles. The van der Waals surface area contributed by atoms with Crippen LogP contribution in [0.5, 0.6) is 0 Å². The minimum Gasteiger partial charge on any atom is -0.338 e. The van der Waals surface area contributed by atoms with Crippen molar-refractivity contribution in [3.63, 3.8) is 0 Å². The van der Waals surface area contributed by atoms with Gasteiger partial charge in [-0.05, 0) is 44.4 Å². The molecule has 0 aromatic heterocycles. The molecule has 1 rings (SSSR count). The molecule has 0 saturated heterocycles. The number of hydrogen-bond acceptors (Lipinski definition) is 2. The van der Waals surface area contributed by atoms with Gasteiger partial charge in [0.1, 0.15) is 5.54 Å². The van der Waals surface area contributed by atoms with E-state index in [0.717, 1.165) is 18.8 Å². The third kappa shape index (κ3) is 4.51. The summed E-state index contributed by atoms with van der Waals surface area (Å²) >= 11 is 0. The molecule has 1 aliphatic rings. The Morgan fingerprint density at radius 2 is 1.80 bits per heavy atom. The van der Waals surface area contributed by atoms with Gasteiger partial charge in [-0.1, -0.05) is 40.0 Å². The van der Waals surface area contributed by atoms with E-state index in [4.69, 9.17) is 0 Å². The van der Waals surface area contributed by atoms with Crippen LogP contribution >= 0.6 is 0 Å². The van der Waals surface area contributed by atoms with Crippen LogP contribution in [0.3, 0.4) is 0 Å². The molecule has 1 saturated carbocycles. The van der Waals surface area contributed by atoms with Crippen molar-refractivity contribution >= 4 is 5.91 Å². The molecule has 0 spiro atoms. The summed E-state index contributed by atoms with van der Waals surface area (Å²) in [4.78, 5) is 12.3. The predicted molar refractivity (Wildman–Crippen MR) is 82.0 cm³/mol. The lowest BCUT2D eigenvalue weighted by atomic mass is 9.79. The van der Waals surface area contributed by atoms with Gasteiger partial charge in [0.15, 0.2) is 0 Å². The Kier molecular flexibility index (Phi) is 7.05. The third-order valence-corrected chi connectivity index (χ3v) is 4.97. The lowest BCUT2D eigenvalue weighted by Crippen LogP contribution is -2.49. The first kappa shape index (κ1) is 17.0. The summed E-state index contributed by atoms with van der Waals surface area (Å²) < 4.78 is 0. The van der Waals surface area contributed by atoms with Gasteiger partial charge in [-0.15, -0.1) is 0 Å². The van der Waals surface area contributed by atoms with Gasteiger partial charge >= 0.3 is 0 Å². The summed E-state index contributed by atoms with van der Waals surface area (Å²) in [5, 5.41) is 12.3. The van der Waals surface area contributed by atoms with Crippen molar-refractivity contribution in [1.29, 1.82) is 5.26 Å². The highest BCUT2D eigenvalue weighted by Gasteiger charge is 2.32. The Morgan fingerprint density at radius 1 is 1.20 bits per heavy atom. The Balaban J connectivity index is 2.45. The van der Waals surface area contributed by atoms with E-state index in [1.165, 1.54) is 32.1 Å². The van der Waals surface area contributed by atoms with Crippen molar-refractivity contribution in [2.24, 2.45) is 11.8 Å². The van der Waals surface area contributed by atoms with Gasteiger partial charge in [0.05, 0.1) is 6.07 Å². The van der Waals surface area contributed by atoms with Gasteiger partial charge in [-0.2, -0.15) is 5.26 Å². The standard InChI is InChI=1S/C17H30N2O/c1-4-7-8-14-9-11-15(12-10-14)16(20)19-17(5-2,6-3)13-18/h14-15H,4-12H2,1-3H3,(H,19,20). The molecule has 0 aromatic rings. The molecular weight excluding hydrogens is 248 g/mol. The maximum Gasteiger partial charge on any atom is 0.224 e. The summed E-state index contributed by atoms with van der Waals surface area (Å²) in [6.07, 6.45) is 9.59. The van der Waals surface area contributed by atoms with Crippen molar-refractivity contribution in [1.82, 2.24) is 5.32 Å². The molecule has 3 heteroatoms. The van der Waals surface area contributed by atoms with Gasteiger partial charge < -0.3 is 5.32 Å². The number of carbonyl (C=O) groups excluding carboxylic acids is 1.